The van der Waals surface area contributed by atoms with Gasteiger partial charge in [-0.15, -0.1) is 0 Å². The molecule has 0 aliphatic rings. The van der Waals surface area contributed by atoms with Crippen LogP contribution >= 0.6 is 0 Å². The second-order valence-corrected chi connectivity index (χ2v) is 4.87. The van der Waals surface area contributed by atoms with Crippen molar-refractivity contribution >= 4 is 17.7 Å². The molecule has 2 aromatic heterocycles. The maximum Gasteiger partial charge on any atom is 0.339 e. The van der Waals surface area contributed by atoms with Crippen LogP contribution in [0.2, 0.25) is 0 Å². The molecule has 2 aromatic rings. The van der Waals surface area contributed by atoms with Gasteiger partial charge in [-0.05, 0) is 26.3 Å². The fourth-order valence-electron chi connectivity index (χ4n) is 2.29. The highest BCUT2D eigenvalue weighted by Crippen LogP contribution is 2.20. The number of carbonyl (C=O) groups is 2. The molecule has 0 aromatic carbocycles. The number of esters is 1. The minimum absolute atomic E-state index is 0.325. The van der Waals surface area contributed by atoms with E-state index in [0.717, 1.165) is 5.69 Å². The van der Waals surface area contributed by atoms with E-state index in [-0.39, 0.29) is 5.91 Å². The Bertz CT molecular complexity index is 712. The van der Waals surface area contributed by atoms with E-state index in [4.69, 9.17) is 4.74 Å². The summed E-state index contributed by atoms with van der Waals surface area (Å²) in [6, 6.07) is 1.77. The Labute approximate surface area is 122 Å². The maximum atomic E-state index is 12.3. The van der Waals surface area contributed by atoms with E-state index >= 15 is 0 Å². The van der Waals surface area contributed by atoms with Crippen LogP contribution in [0.1, 0.15) is 37.8 Å². The van der Waals surface area contributed by atoms with Crippen molar-refractivity contribution in [3.63, 3.8) is 0 Å². The van der Waals surface area contributed by atoms with Gasteiger partial charge in [0.2, 0.25) is 0 Å². The summed E-state index contributed by atoms with van der Waals surface area (Å²) in [5, 5.41) is 6.93. The van der Waals surface area contributed by atoms with Gasteiger partial charge in [-0.2, -0.15) is 5.10 Å². The zero-order valence-corrected chi connectivity index (χ0v) is 12.7. The Kier molecular flexibility index (Phi) is 3.84. The summed E-state index contributed by atoms with van der Waals surface area (Å²) in [6.45, 7) is 5.28. The van der Waals surface area contributed by atoms with Gasteiger partial charge in [-0.25, -0.2) is 4.79 Å². The molecule has 0 fully saturated rings. The molecule has 0 atom stereocenters. The van der Waals surface area contributed by atoms with Crippen molar-refractivity contribution < 1.29 is 14.3 Å². The smallest absolute Gasteiger partial charge is 0.339 e. The number of hydrogen-bond acceptors (Lipinski definition) is 4. The first-order chi connectivity index (χ1) is 9.85. The number of amides is 1. The van der Waals surface area contributed by atoms with Crippen LogP contribution in [0.25, 0.3) is 0 Å². The van der Waals surface area contributed by atoms with Gasteiger partial charge in [0, 0.05) is 18.8 Å². The highest BCUT2D eigenvalue weighted by molar-refractivity contribution is 6.06. The predicted molar refractivity (Wildman–Crippen MR) is 77.5 cm³/mol. The third-order valence-corrected chi connectivity index (χ3v) is 3.30. The van der Waals surface area contributed by atoms with E-state index in [2.05, 4.69) is 15.4 Å². The molecular weight excluding hydrogens is 272 g/mol. The number of anilines is 1. The zero-order chi connectivity index (χ0) is 15.7. The number of aromatic amines is 1. The number of hydrogen-bond donors (Lipinski definition) is 2. The largest absolute Gasteiger partial charge is 0.465 e. The summed E-state index contributed by atoms with van der Waals surface area (Å²) in [6.07, 6.45) is 0. The molecule has 0 saturated carbocycles. The molecule has 0 bridgehead atoms. The summed E-state index contributed by atoms with van der Waals surface area (Å²) < 4.78 is 6.31. The van der Waals surface area contributed by atoms with Crippen LogP contribution in [0, 0.1) is 20.8 Å². The fraction of sp³-hybridized carbons (Fsp3) is 0.357. The van der Waals surface area contributed by atoms with Crippen LogP contribution in [-0.4, -0.2) is 33.8 Å². The Morgan fingerprint density at radius 3 is 2.52 bits per heavy atom. The molecular formula is C14H18N4O3. The van der Waals surface area contributed by atoms with Crippen molar-refractivity contribution in [2.45, 2.75) is 20.8 Å². The SMILES string of the molecule is COC(=O)c1c(C)[nH]c(C(=O)Nc2cc(C)nn2C)c1C. The van der Waals surface area contributed by atoms with E-state index in [9.17, 15) is 9.59 Å². The fourth-order valence-corrected chi connectivity index (χ4v) is 2.29. The number of aromatic nitrogens is 3. The van der Waals surface area contributed by atoms with Crippen molar-refractivity contribution in [3.05, 3.63) is 34.3 Å². The van der Waals surface area contributed by atoms with E-state index in [0.29, 0.717) is 28.3 Å². The molecule has 1 amide bonds. The lowest BCUT2D eigenvalue weighted by Gasteiger charge is -2.05. The molecule has 2 rings (SSSR count). The Hall–Kier alpha value is -2.57. The van der Waals surface area contributed by atoms with Gasteiger partial charge in [-0.1, -0.05) is 0 Å². The Morgan fingerprint density at radius 2 is 2.00 bits per heavy atom. The van der Waals surface area contributed by atoms with E-state index in [1.54, 1.807) is 31.6 Å². The second kappa shape index (κ2) is 5.43. The van der Waals surface area contributed by atoms with Crippen LogP contribution in [-0.2, 0) is 11.8 Å². The van der Waals surface area contributed by atoms with Crippen LogP contribution in [0.5, 0.6) is 0 Å². The normalized spacial score (nSPS) is 10.5. The molecule has 0 saturated heterocycles. The molecule has 7 nitrogen and oxygen atoms in total. The summed E-state index contributed by atoms with van der Waals surface area (Å²) >= 11 is 0. The van der Waals surface area contributed by atoms with Gasteiger partial charge >= 0.3 is 5.97 Å². The average Bonchev–Trinajstić information content (AvgIpc) is 2.88. The Balaban J connectivity index is 2.32. The molecule has 0 radical (unpaired) electrons. The number of H-pyrrole nitrogens is 1. The topological polar surface area (TPSA) is 89.0 Å². The van der Waals surface area contributed by atoms with Crippen molar-refractivity contribution in [1.82, 2.24) is 14.8 Å². The van der Waals surface area contributed by atoms with Crippen LogP contribution in [0.15, 0.2) is 6.07 Å². The number of rotatable bonds is 3. The molecule has 2 heterocycles. The molecule has 0 unspecified atom stereocenters. The monoisotopic (exact) mass is 290 g/mol. The average molecular weight is 290 g/mol. The van der Waals surface area contributed by atoms with Crippen LogP contribution < -0.4 is 5.32 Å². The third-order valence-electron chi connectivity index (χ3n) is 3.30. The lowest BCUT2D eigenvalue weighted by molar-refractivity contribution is 0.0599. The van der Waals surface area contributed by atoms with Crippen LogP contribution in [0.4, 0.5) is 5.82 Å². The number of carbonyl (C=O) groups excluding carboxylic acids is 2. The minimum Gasteiger partial charge on any atom is -0.465 e. The number of methoxy groups -OCH3 is 1. The van der Waals surface area contributed by atoms with Crippen molar-refractivity contribution in [2.75, 3.05) is 12.4 Å². The Morgan fingerprint density at radius 1 is 1.33 bits per heavy atom. The number of aryl methyl sites for hydroxylation is 3. The maximum absolute atomic E-state index is 12.3. The lowest BCUT2D eigenvalue weighted by atomic mass is 10.1. The predicted octanol–water partition coefficient (Wildman–Crippen LogP) is 1.71. The summed E-state index contributed by atoms with van der Waals surface area (Å²) in [5.74, 6) is -0.200. The summed E-state index contributed by atoms with van der Waals surface area (Å²) in [7, 11) is 3.06. The number of ether oxygens (including phenoxy) is 1. The third kappa shape index (κ3) is 2.67. The zero-order valence-electron chi connectivity index (χ0n) is 12.7. The molecule has 0 spiro atoms. The lowest BCUT2D eigenvalue weighted by Crippen LogP contribution is -2.16. The van der Waals surface area contributed by atoms with Gasteiger partial charge in [0.05, 0.1) is 18.4 Å². The standard InChI is InChI=1S/C14H18N4O3/c1-7-6-10(18(4)17-7)16-13(19)12-8(2)11(9(3)15-12)14(20)21-5/h6,15H,1-5H3,(H,16,19). The van der Waals surface area contributed by atoms with E-state index < -0.39 is 5.97 Å². The van der Waals surface area contributed by atoms with Gasteiger partial charge in [0.25, 0.3) is 5.91 Å². The van der Waals surface area contributed by atoms with Crippen molar-refractivity contribution in [2.24, 2.45) is 7.05 Å². The molecule has 2 N–H and O–H groups in total. The molecule has 21 heavy (non-hydrogen) atoms. The minimum atomic E-state index is -0.461. The van der Waals surface area contributed by atoms with Crippen molar-refractivity contribution in [1.29, 1.82) is 0 Å². The van der Waals surface area contributed by atoms with Gasteiger partial charge in [0.1, 0.15) is 11.5 Å². The molecule has 0 aliphatic carbocycles. The van der Waals surface area contributed by atoms with E-state index in [1.165, 1.54) is 7.11 Å². The van der Waals surface area contributed by atoms with Gasteiger partial charge in [-0.3, -0.25) is 9.48 Å². The highest BCUT2D eigenvalue weighted by atomic mass is 16.5. The first-order valence-corrected chi connectivity index (χ1v) is 6.44. The molecule has 7 heteroatoms. The molecule has 0 aliphatic heterocycles. The summed E-state index contributed by atoms with van der Waals surface area (Å²) in [5.41, 5.74) is 2.71. The first kappa shape index (κ1) is 14.8. The first-order valence-electron chi connectivity index (χ1n) is 6.44. The van der Waals surface area contributed by atoms with Crippen LogP contribution in [0.3, 0.4) is 0 Å². The highest BCUT2D eigenvalue weighted by Gasteiger charge is 2.23. The molecule has 112 valence electrons. The second-order valence-electron chi connectivity index (χ2n) is 4.87. The quantitative estimate of drug-likeness (QED) is 0.842. The van der Waals surface area contributed by atoms with E-state index in [1.807, 2.05) is 6.92 Å². The number of nitrogens with one attached hydrogen (secondary N) is 2. The van der Waals surface area contributed by atoms with Crippen molar-refractivity contribution in [3.8, 4) is 0 Å². The van der Waals surface area contributed by atoms with Gasteiger partial charge in [0.15, 0.2) is 0 Å². The van der Waals surface area contributed by atoms with Gasteiger partial charge < -0.3 is 15.0 Å². The number of nitrogens with zero attached hydrogens (tertiary/aromatic N) is 2. The summed E-state index contributed by atoms with van der Waals surface area (Å²) in [4.78, 5) is 27.0.